The van der Waals surface area contributed by atoms with E-state index in [1.807, 2.05) is 6.20 Å². The van der Waals surface area contributed by atoms with Gasteiger partial charge in [-0.25, -0.2) is 4.98 Å². The van der Waals surface area contributed by atoms with Gasteiger partial charge in [-0.15, -0.1) is 0 Å². The highest BCUT2D eigenvalue weighted by molar-refractivity contribution is 5.49. The van der Waals surface area contributed by atoms with Gasteiger partial charge in [-0.05, 0) is 45.2 Å². The zero-order chi connectivity index (χ0) is 13.5. The lowest BCUT2D eigenvalue weighted by Gasteiger charge is -2.21. The van der Waals surface area contributed by atoms with Crippen LogP contribution in [0.3, 0.4) is 0 Å². The van der Waals surface area contributed by atoms with Gasteiger partial charge < -0.3 is 15.0 Å². The number of aromatic nitrogens is 1. The molecule has 4 heteroatoms. The van der Waals surface area contributed by atoms with Crippen molar-refractivity contribution >= 4 is 11.5 Å². The molecule has 2 heterocycles. The molecule has 1 aliphatic rings. The van der Waals surface area contributed by atoms with Crippen molar-refractivity contribution in [2.24, 2.45) is 0 Å². The van der Waals surface area contributed by atoms with Crippen LogP contribution in [-0.2, 0) is 4.74 Å². The van der Waals surface area contributed by atoms with E-state index in [2.05, 4.69) is 41.2 Å². The summed E-state index contributed by atoms with van der Waals surface area (Å²) in [7, 11) is 0. The molecule has 0 aromatic carbocycles. The largest absolute Gasteiger partial charge is 0.381 e. The predicted molar refractivity (Wildman–Crippen MR) is 79.9 cm³/mol. The van der Waals surface area contributed by atoms with E-state index in [1.165, 1.54) is 6.42 Å². The van der Waals surface area contributed by atoms with Gasteiger partial charge in [0.05, 0.1) is 11.9 Å². The highest BCUT2D eigenvalue weighted by atomic mass is 16.5. The highest BCUT2D eigenvalue weighted by Crippen LogP contribution is 2.18. The second-order valence-electron chi connectivity index (χ2n) is 4.96. The molecular formula is C15H25N3O. The third-order valence-electron chi connectivity index (χ3n) is 3.66. The van der Waals surface area contributed by atoms with Crippen LogP contribution in [0.5, 0.6) is 0 Å². The van der Waals surface area contributed by atoms with Gasteiger partial charge in [0.1, 0.15) is 5.82 Å². The summed E-state index contributed by atoms with van der Waals surface area (Å²) in [4.78, 5) is 6.80. The summed E-state index contributed by atoms with van der Waals surface area (Å²) in [5, 5.41) is 3.56. The van der Waals surface area contributed by atoms with Crippen LogP contribution in [0.1, 0.15) is 33.1 Å². The van der Waals surface area contributed by atoms with Crippen LogP contribution in [-0.4, -0.2) is 37.3 Å². The zero-order valence-corrected chi connectivity index (χ0v) is 12.1. The Kier molecular flexibility index (Phi) is 5.45. The molecule has 2 rings (SSSR count). The first-order valence-electron chi connectivity index (χ1n) is 7.38. The van der Waals surface area contributed by atoms with Gasteiger partial charge in [-0.2, -0.15) is 0 Å². The number of nitrogens with zero attached hydrogens (tertiary/aromatic N) is 2. The third-order valence-corrected chi connectivity index (χ3v) is 3.66. The van der Waals surface area contributed by atoms with Gasteiger partial charge in [0.2, 0.25) is 0 Å². The van der Waals surface area contributed by atoms with Crippen LogP contribution in [0, 0.1) is 0 Å². The zero-order valence-electron chi connectivity index (χ0n) is 12.1. The summed E-state index contributed by atoms with van der Waals surface area (Å²) in [6, 6.07) is 4.75. The molecule has 19 heavy (non-hydrogen) atoms. The standard InChI is InChI=1S/C15H25N3O/c1-3-18(4-2)15-8-7-14(12-16-15)17-13-6-5-10-19-11-9-13/h7-8,12-13,17H,3-6,9-11H2,1-2H3. The quantitative estimate of drug-likeness (QED) is 0.886. The molecule has 1 aromatic rings. The van der Waals surface area contributed by atoms with E-state index in [9.17, 15) is 0 Å². The first-order valence-corrected chi connectivity index (χ1v) is 7.38. The van der Waals surface area contributed by atoms with Crippen molar-refractivity contribution in [2.45, 2.75) is 39.2 Å². The van der Waals surface area contributed by atoms with Gasteiger partial charge in [0, 0.05) is 32.3 Å². The average molecular weight is 263 g/mol. The van der Waals surface area contributed by atoms with Crippen LogP contribution in [0.2, 0.25) is 0 Å². The lowest BCUT2D eigenvalue weighted by atomic mass is 10.1. The lowest BCUT2D eigenvalue weighted by Crippen LogP contribution is -2.23. The van der Waals surface area contributed by atoms with E-state index in [0.29, 0.717) is 6.04 Å². The van der Waals surface area contributed by atoms with Gasteiger partial charge in [-0.3, -0.25) is 0 Å². The SMILES string of the molecule is CCN(CC)c1ccc(NC2CCCOCC2)cn1. The van der Waals surface area contributed by atoms with Crippen molar-refractivity contribution in [1.29, 1.82) is 0 Å². The monoisotopic (exact) mass is 263 g/mol. The lowest BCUT2D eigenvalue weighted by molar-refractivity contribution is 0.144. The number of nitrogens with one attached hydrogen (secondary N) is 1. The summed E-state index contributed by atoms with van der Waals surface area (Å²) >= 11 is 0. The normalized spacial score (nSPS) is 19.8. The Morgan fingerprint density at radius 3 is 2.79 bits per heavy atom. The van der Waals surface area contributed by atoms with Crippen molar-refractivity contribution in [2.75, 3.05) is 36.5 Å². The van der Waals surface area contributed by atoms with Crippen LogP contribution in [0.4, 0.5) is 11.5 Å². The molecule has 106 valence electrons. The molecule has 1 atom stereocenters. The Bertz CT molecular complexity index is 354. The maximum atomic E-state index is 5.48. The van der Waals surface area contributed by atoms with Gasteiger partial charge in [0.25, 0.3) is 0 Å². The Morgan fingerprint density at radius 2 is 2.11 bits per heavy atom. The summed E-state index contributed by atoms with van der Waals surface area (Å²) in [6.45, 7) is 8.07. The second kappa shape index (κ2) is 7.34. The topological polar surface area (TPSA) is 37.4 Å². The van der Waals surface area contributed by atoms with Gasteiger partial charge in [-0.1, -0.05) is 0 Å². The van der Waals surface area contributed by atoms with E-state index < -0.39 is 0 Å². The smallest absolute Gasteiger partial charge is 0.128 e. The van der Waals surface area contributed by atoms with E-state index in [-0.39, 0.29) is 0 Å². The highest BCUT2D eigenvalue weighted by Gasteiger charge is 2.12. The molecule has 1 N–H and O–H groups in total. The number of hydrogen-bond donors (Lipinski definition) is 1. The van der Waals surface area contributed by atoms with Crippen LogP contribution in [0.15, 0.2) is 18.3 Å². The van der Waals surface area contributed by atoms with Crippen LogP contribution in [0.25, 0.3) is 0 Å². The minimum atomic E-state index is 0.517. The molecule has 0 amide bonds. The summed E-state index contributed by atoms with van der Waals surface area (Å²) in [5.41, 5.74) is 1.11. The third kappa shape index (κ3) is 4.10. The fraction of sp³-hybridized carbons (Fsp3) is 0.667. The number of rotatable bonds is 5. The van der Waals surface area contributed by atoms with Gasteiger partial charge in [0.15, 0.2) is 0 Å². The van der Waals surface area contributed by atoms with Gasteiger partial charge >= 0.3 is 0 Å². The van der Waals surface area contributed by atoms with Crippen molar-refractivity contribution < 1.29 is 4.74 Å². The average Bonchev–Trinajstić information content (AvgIpc) is 2.71. The van der Waals surface area contributed by atoms with Crippen molar-refractivity contribution in [3.63, 3.8) is 0 Å². The van der Waals surface area contributed by atoms with Crippen molar-refractivity contribution in [3.8, 4) is 0 Å². The molecule has 4 nitrogen and oxygen atoms in total. The van der Waals surface area contributed by atoms with E-state index in [4.69, 9.17) is 4.74 Å². The minimum Gasteiger partial charge on any atom is -0.381 e. The molecule has 1 aliphatic heterocycles. The summed E-state index contributed by atoms with van der Waals surface area (Å²) in [6.07, 6.45) is 5.34. The fourth-order valence-corrected chi connectivity index (χ4v) is 2.49. The van der Waals surface area contributed by atoms with E-state index in [0.717, 1.165) is 50.7 Å². The summed E-state index contributed by atoms with van der Waals surface area (Å²) < 4.78 is 5.48. The number of ether oxygens (including phenoxy) is 1. The predicted octanol–water partition coefficient (Wildman–Crippen LogP) is 2.91. The molecular weight excluding hydrogens is 238 g/mol. The maximum Gasteiger partial charge on any atom is 0.128 e. The molecule has 1 fully saturated rings. The fourth-order valence-electron chi connectivity index (χ4n) is 2.49. The Hall–Kier alpha value is -1.29. The second-order valence-corrected chi connectivity index (χ2v) is 4.96. The molecule has 0 saturated carbocycles. The number of pyridine rings is 1. The number of hydrogen-bond acceptors (Lipinski definition) is 4. The number of anilines is 2. The van der Waals surface area contributed by atoms with E-state index in [1.54, 1.807) is 0 Å². The molecule has 0 radical (unpaired) electrons. The van der Waals surface area contributed by atoms with Crippen LogP contribution >= 0.6 is 0 Å². The Morgan fingerprint density at radius 1 is 1.26 bits per heavy atom. The maximum absolute atomic E-state index is 5.48. The van der Waals surface area contributed by atoms with E-state index >= 15 is 0 Å². The van der Waals surface area contributed by atoms with Crippen LogP contribution < -0.4 is 10.2 Å². The first kappa shape index (κ1) is 14.1. The van der Waals surface area contributed by atoms with Crippen molar-refractivity contribution in [1.82, 2.24) is 4.98 Å². The Balaban J connectivity index is 1.94. The molecule has 0 bridgehead atoms. The molecule has 1 unspecified atom stereocenters. The molecule has 0 spiro atoms. The molecule has 0 aliphatic carbocycles. The van der Waals surface area contributed by atoms with Crippen molar-refractivity contribution in [3.05, 3.63) is 18.3 Å². The minimum absolute atomic E-state index is 0.517. The molecule has 1 aromatic heterocycles. The molecule has 1 saturated heterocycles. The summed E-state index contributed by atoms with van der Waals surface area (Å²) in [5.74, 6) is 1.06. The first-order chi connectivity index (χ1) is 9.33. The Labute approximate surface area is 116 Å².